The molecule has 0 aliphatic carbocycles. The van der Waals surface area contributed by atoms with Gasteiger partial charge in [-0.15, -0.1) is 0 Å². The van der Waals surface area contributed by atoms with Crippen molar-refractivity contribution in [3.8, 4) is 0 Å². The van der Waals surface area contributed by atoms with Crippen molar-refractivity contribution in [3.63, 3.8) is 0 Å². The molecule has 3 unspecified atom stereocenters. The first-order chi connectivity index (χ1) is 13.3. The topological polar surface area (TPSA) is 90.7 Å². The number of non-ortho nitro benzene ring substituents is 1. The quantitative estimate of drug-likeness (QED) is 0.369. The number of nitro groups is 1. The van der Waals surface area contributed by atoms with Crippen LogP contribution in [0.3, 0.4) is 0 Å². The van der Waals surface area contributed by atoms with Gasteiger partial charge in [-0.3, -0.25) is 14.7 Å². The average Bonchev–Trinajstić information content (AvgIpc) is 2.66. The molecule has 3 rings (SSSR count). The summed E-state index contributed by atoms with van der Waals surface area (Å²) in [7, 11) is -3.52. The van der Waals surface area contributed by atoms with Crippen LogP contribution >= 0.6 is 7.60 Å². The van der Waals surface area contributed by atoms with Crippen molar-refractivity contribution < 1.29 is 18.5 Å². The van der Waals surface area contributed by atoms with Gasteiger partial charge in [0.05, 0.1) is 17.6 Å². The van der Waals surface area contributed by atoms with E-state index < -0.39 is 18.3 Å². The van der Waals surface area contributed by atoms with E-state index in [1.807, 2.05) is 31.2 Å². The van der Waals surface area contributed by atoms with E-state index >= 15 is 0 Å². The van der Waals surface area contributed by atoms with E-state index in [1.54, 1.807) is 12.1 Å². The van der Waals surface area contributed by atoms with Crippen LogP contribution in [-0.4, -0.2) is 17.6 Å². The highest BCUT2D eigenvalue weighted by Gasteiger charge is 2.41. The van der Waals surface area contributed by atoms with Crippen molar-refractivity contribution in [2.24, 2.45) is 0 Å². The zero-order chi connectivity index (χ0) is 20.3. The van der Waals surface area contributed by atoms with Gasteiger partial charge in [0.15, 0.2) is 5.78 Å². The SMILES string of the molecule is CC1CCOP(=O)(C(Nc2ccc(C(C)C)cc2)c2ccc([N+](=O)[O-])cc2)O1. The van der Waals surface area contributed by atoms with E-state index in [1.165, 1.54) is 17.7 Å². The Morgan fingerprint density at radius 1 is 1.11 bits per heavy atom. The standard InChI is InChI=1S/C20H25N2O5P/c1-14(2)16-4-8-18(9-5-16)21-20(28(25)26-13-12-15(3)27-28)17-6-10-19(11-7-17)22(23)24/h4-11,14-15,20-21H,12-13H2,1-3H3. The van der Waals surface area contributed by atoms with E-state index in [-0.39, 0.29) is 11.8 Å². The number of rotatable bonds is 6. The van der Waals surface area contributed by atoms with Crippen molar-refractivity contribution in [1.82, 2.24) is 0 Å². The first-order valence-electron chi connectivity index (χ1n) is 9.32. The lowest BCUT2D eigenvalue weighted by Crippen LogP contribution is -2.23. The Kier molecular flexibility index (Phi) is 6.18. The number of nitro benzene ring substituents is 1. The lowest BCUT2D eigenvalue weighted by atomic mass is 10.0. The average molecular weight is 404 g/mol. The first-order valence-corrected chi connectivity index (χ1v) is 10.9. The van der Waals surface area contributed by atoms with E-state index in [2.05, 4.69) is 19.2 Å². The highest BCUT2D eigenvalue weighted by molar-refractivity contribution is 7.54. The van der Waals surface area contributed by atoms with Crippen LogP contribution in [0.1, 0.15) is 50.0 Å². The van der Waals surface area contributed by atoms with E-state index in [9.17, 15) is 14.7 Å². The first kappa shape index (κ1) is 20.5. The molecule has 28 heavy (non-hydrogen) atoms. The number of nitrogens with zero attached hydrogens (tertiary/aromatic N) is 1. The largest absolute Gasteiger partial charge is 0.368 e. The summed E-state index contributed by atoms with van der Waals surface area (Å²) in [6.07, 6.45) is 0.477. The summed E-state index contributed by atoms with van der Waals surface area (Å²) in [6.45, 7) is 6.44. The minimum atomic E-state index is -3.52. The lowest BCUT2D eigenvalue weighted by molar-refractivity contribution is -0.384. The molecule has 1 N–H and O–H groups in total. The molecule has 1 aliphatic rings. The Balaban J connectivity index is 1.94. The van der Waals surface area contributed by atoms with Crippen LogP contribution in [0, 0.1) is 10.1 Å². The maximum atomic E-state index is 13.5. The second kappa shape index (κ2) is 8.43. The Hall–Kier alpha value is -2.21. The van der Waals surface area contributed by atoms with Crippen molar-refractivity contribution in [1.29, 1.82) is 0 Å². The number of nitrogens with one attached hydrogen (secondary N) is 1. The van der Waals surface area contributed by atoms with Gasteiger partial charge in [0.25, 0.3) is 5.69 Å². The predicted octanol–water partition coefficient (Wildman–Crippen LogP) is 5.85. The number of hydrogen-bond acceptors (Lipinski definition) is 6. The molecule has 0 amide bonds. The summed E-state index contributed by atoms with van der Waals surface area (Å²) in [4.78, 5) is 10.5. The zero-order valence-electron chi connectivity index (χ0n) is 16.2. The molecule has 1 saturated heterocycles. The Morgan fingerprint density at radius 3 is 2.25 bits per heavy atom. The molecule has 150 valence electrons. The van der Waals surface area contributed by atoms with E-state index in [0.29, 0.717) is 24.5 Å². The molecule has 0 saturated carbocycles. The van der Waals surface area contributed by atoms with Crippen molar-refractivity contribution in [2.45, 2.75) is 45.0 Å². The molecule has 3 atom stereocenters. The molecule has 0 spiro atoms. The molecule has 0 bridgehead atoms. The minimum absolute atomic E-state index is 0.0269. The molecule has 1 heterocycles. The molecule has 1 fully saturated rings. The zero-order valence-corrected chi connectivity index (χ0v) is 17.1. The second-order valence-electron chi connectivity index (χ2n) is 7.25. The minimum Gasteiger partial charge on any atom is -0.368 e. The van der Waals surface area contributed by atoms with Crippen molar-refractivity contribution in [3.05, 3.63) is 69.8 Å². The maximum absolute atomic E-state index is 13.5. The maximum Gasteiger partial charge on any atom is 0.357 e. The van der Waals surface area contributed by atoms with Gasteiger partial charge in [0, 0.05) is 17.8 Å². The van der Waals surface area contributed by atoms with Gasteiger partial charge < -0.3 is 14.4 Å². The summed E-state index contributed by atoms with van der Waals surface area (Å²) in [5, 5.41) is 14.2. The van der Waals surface area contributed by atoms with Gasteiger partial charge in [-0.05, 0) is 54.7 Å². The molecule has 2 aromatic carbocycles. The summed E-state index contributed by atoms with van der Waals surface area (Å²) in [5.74, 6) is -0.357. The smallest absolute Gasteiger partial charge is 0.357 e. The predicted molar refractivity (Wildman–Crippen MR) is 109 cm³/mol. The lowest BCUT2D eigenvalue weighted by Gasteiger charge is -2.34. The van der Waals surface area contributed by atoms with Crippen LogP contribution in [0.4, 0.5) is 11.4 Å². The molecule has 0 radical (unpaired) electrons. The van der Waals surface area contributed by atoms with Crippen LogP contribution in [0.5, 0.6) is 0 Å². The molecular formula is C20H25N2O5P. The van der Waals surface area contributed by atoms with Gasteiger partial charge in [0.1, 0.15) is 0 Å². The number of anilines is 1. The van der Waals surface area contributed by atoms with Crippen LogP contribution in [0.25, 0.3) is 0 Å². The fourth-order valence-electron chi connectivity index (χ4n) is 3.06. The number of hydrogen-bond donors (Lipinski definition) is 1. The molecule has 8 heteroatoms. The van der Waals surface area contributed by atoms with Gasteiger partial charge in [-0.25, -0.2) is 0 Å². The fraction of sp³-hybridized carbons (Fsp3) is 0.400. The van der Waals surface area contributed by atoms with E-state index in [4.69, 9.17) is 9.05 Å². The van der Waals surface area contributed by atoms with Gasteiger partial charge in [-0.1, -0.05) is 26.0 Å². The van der Waals surface area contributed by atoms with Gasteiger partial charge in [0.2, 0.25) is 0 Å². The van der Waals surface area contributed by atoms with Crippen LogP contribution in [0.2, 0.25) is 0 Å². The third kappa shape index (κ3) is 4.61. The molecule has 1 aliphatic heterocycles. The third-order valence-corrected chi connectivity index (χ3v) is 6.99. The highest BCUT2D eigenvalue weighted by Crippen LogP contribution is 2.63. The van der Waals surface area contributed by atoms with Gasteiger partial charge >= 0.3 is 7.60 Å². The number of benzene rings is 2. The summed E-state index contributed by atoms with van der Waals surface area (Å²) < 4.78 is 24.8. The second-order valence-corrected chi connectivity index (χ2v) is 9.32. The fourth-order valence-corrected chi connectivity index (χ4v) is 5.20. The Labute approximate surface area is 164 Å². The molecule has 2 aromatic rings. The molecule has 7 nitrogen and oxygen atoms in total. The molecule has 0 aromatic heterocycles. The van der Waals surface area contributed by atoms with Crippen molar-refractivity contribution >= 4 is 19.0 Å². The van der Waals surface area contributed by atoms with Crippen LogP contribution in [0.15, 0.2) is 48.5 Å². The highest BCUT2D eigenvalue weighted by atomic mass is 31.2. The van der Waals surface area contributed by atoms with Crippen molar-refractivity contribution in [2.75, 3.05) is 11.9 Å². The van der Waals surface area contributed by atoms with E-state index in [0.717, 1.165) is 5.69 Å². The van der Waals surface area contributed by atoms with Gasteiger partial charge in [-0.2, -0.15) is 0 Å². The van der Waals surface area contributed by atoms with Crippen LogP contribution < -0.4 is 5.32 Å². The monoisotopic (exact) mass is 404 g/mol. The third-order valence-electron chi connectivity index (χ3n) is 4.74. The molecular weight excluding hydrogens is 379 g/mol. The summed E-state index contributed by atoms with van der Waals surface area (Å²) >= 11 is 0. The summed E-state index contributed by atoms with van der Waals surface area (Å²) in [5.41, 5.74) is 2.55. The summed E-state index contributed by atoms with van der Waals surface area (Å²) in [6, 6.07) is 13.8. The Morgan fingerprint density at radius 2 is 1.71 bits per heavy atom. The normalized spacial score (nSPS) is 23.4. The Bertz CT molecular complexity index is 867. The van der Waals surface area contributed by atoms with Crippen LogP contribution in [-0.2, 0) is 13.6 Å².